The fraction of sp³-hybridized carbons (Fsp3) is 0.800. The molecule has 1 saturated carbocycles. The third-order valence-electron chi connectivity index (χ3n) is 3.20. The Morgan fingerprint density at radius 1 is 1.18 bits per heavy atom. The fourth-order valence-corrected chi connectivity index (χ4v) is 2.52. The monoisotopic (exact) mass is 151 g/mol. The number of fused-ring (bicyclic) bond motifs is 1. The average molecular weight is 151 g/mol. The third kappa shape index (κ3) is 1.42. The van der Waals surface area contributed by atoms with Crippen LogP contribution in [0.2, 0.25) is 0 Å². The predicted octanol–water partition coefficient (Wildman–Crippen LogP) is 2.43. The van der Waals surface area contributed by atoms with Crippen LogP contribution in [0.1, 0.15) is 38.5 Å². The van der Waals surface area contributed by atoms with Gasteiger partial charge in [0.05, 0.1) is 0 Å². The second-order valence-electron chi connectivity index (χ2n) is 3.99. The number of allylic oxidation sites excluding steroid dienone is 2. The Morgan fingerprint density at radius 3 is 2.91 bits per heavy atom. The first-order valence-corrected chi connectivity index (χ1v) is 4.82. The van der Waals surface area contributed by atoms with Crippen LogP contribution in [0, 0.1) is 11.8 Å². The van der Waals surface area contributed by atoms with E-state index in [1.165, 1.54) is 32.1 Å². The van der Waals surface area contributed by atoms with E-state index in [4.69, 9.17) is 5.73 Å². The quantitative estimate of drug-likeness (QED) is 0.565. The Kier molecular flexibility index (Phi) is 1.89. The molecular formula is C10H17N. The molecule has 0 aromatic heterocycles. The molecule has 1 heteroatoms. The molecule has 2 aliphatic carbocycles. The number of hydrogen-bond donors (Lipinski definition) is 1. The Bertz CT molecular complexity index is 172. The second kappa shape index (κ2) is 2.88. The molecule has 0 aromatic carbocycles. The van der Waals surface area contributed by atoms with Crippen molar-refractivity contribution in [2.45, 2.75) is 38.5 Å². The minimum absolute atomic E-state index is 0.845. The van der Waals surface area contributed by atoms with E-state index in [0.29, 0.717) is 0 Å². The molecule has 2 aliphatic rings. The first kappa shape index (κ1) is 7.20. The van der Waals surface area contributed by atoms with Gasteiger partial charge in [-0.2, -0.15) is 0 Å². The molecular weight excluding hydrogens is 134 g/mol. The predicted molar refractivity (Wildman–Crippen MR) is 47.0 cm³/mol. The highest BCUT2D eigenvalue weighted by molar-refractivity contribution is 5.06. The van der Waals surface area contributed by atoms with Gasteiger partial charge in [-0.1, -0.05) is 18.9 Å². The molecule has 2 N–H and O–H groups in total. The van der Waals surface area contributed by atoms with Crippen LogP contribution in [0.25, 0.3) is 0 Å². The second-order valence-corrected chi connectivity index (χ2v) is 3.99. The first-order valence-electron chi connectivity index (χ1n) is 4.82. The molecule has 1 fully saturated rings. The molecule has 11 heavy (non-hydrogen) atoms. The summed E-state index contributed by atoms with van der Waals surface area (Å²) in [6, 6.07) is 0. The van der Waals surface area contributed by atoms with E-state index in [0.717, 1.165) is 24.0 Å². The van der Waals surface area contributed by atoms with Gasteiger partial charge in [-0.25, -0.2) is 0 Å². The van der Waals surface area contributed by atoms with Crippen LogP contribution in [0.5, 0.6) is 0 Å². The summed E-state index contributed by atoms with van der Waals surface area (Å²) in [4.78, 5) is 0. The minimum Gasteiger partial charge on any atom is -0.402 e. The zero-order valence-electron chi connectivity index (χ0n) is 7.05. The molecule has 2 unspecified atom stereocenters. The molecule has 0 bridgehead atoms. The van der Waals surface area contributed by atoms with Gasteiger partial charge < -0.3 is 5.73 Å². The topological polar surface area (TPSA) is 26.0 Å². The molecule has 0 aliphatic heterocycles. The number of hydrogen-bond acceptors (Lipinski definition) is 1. The summed E-state index contributed by atoms with van der Waals surface area (Å²) in [5, 5.41) is 0. The van der Waals surface area contributed by atoms with Gasteiger partial charge in [0.25, 0.3) is 0 Å². The molecule has 2 rings (SSSR count). The van der Waals surface area contributed by atoms with Gasteiger partial charge in [-0.3, -0.25) is 0 Å². The maximum absolute atomic E-state index is 5.80. The zero-order valence-corrected chi connectivity index (χ0v) is 7.05. The summed E-state index contributed by atoms with van der Waals surface area (Å²) < 4.78 is 0. The largest absolute Gasteiger partial charge is 0.402 e. The lowest BCUT2D eigenvalue weighted by Gasteiger charge is -2.33. The Hall–Kier alpha value is -0.460. The van der Waals surface area contributed by atoms with E-state index in [2.05, 4.69) is 6.08 Å². The molecule has 1 nitrogen and oxygen atoms in total. The van der Waals surface area contributed by atoms with Crippen LogP contribution >= 0.6 is 0 Å². The molecule has 0 aromatic rings. The van der Waals surface area contributed by atoms with Crippen LogP contribution in [0.15, 0.2) is 11.8 Å². The summed E-state index contributed by atoms with van der Waals surface area (Å²) in [6.45, 7) is 0. The van der Waals surface area contributed by atoms with Gasteiger partial charge in [0.2, 0.25) is 0 Å². The van der Waals surface area contributed by atoms with Crippen LogP contribution in [0.3, 0.4) is 0 Å². The summed E-state index contributed by atoms with van der Waals surface area (Å²) in [5.74, 6) is 1.83. The summed E-state index contributed by atoms with van der Waals surface area (Å²) in [6.07, 6.45) is 10.6. The molecule has 2 atom stereocenters. The van der Waals surface area contributed by atoms with Gasteiger partial charge in [-0.15, -0.1) is 0 Å². The standard InChI is InChI=1S/C10H17N/c11-10-6-5-8-3-1-2-4-9(8)7-10/h7-9H,1-6,11H2. The Balaban J connectivity index is 2.07. The molecule has 0 saturated heterocycles. The van der Waals surface area contributed by atoms with Crippen LogP contribution in [-0.4, -0.2) is 0 Å². The van der Waals surface area contributed by atoms with Crippen molar-refractivity contribution in [3.63, 3.8) is 0 Å². The normalized spacial score (nSPS) is 37.6. The average Bonchev–Trinajstić information content (AvgIpc) is 2.04. The van der Waals surface area contributed by atoms with Crippen molar-refractivity contribution in [2.24, 2.45) is 17.6 Å². The van der Waals surface area contributed by atoms with Gasteiger partial charge in [0.15, 0.2) is 0 Å². The van der Waals surface area contributed by atoms with Crippen molar-refractivity contribution in [1.82, 2.24) is 0 Å². The smallest absolute Gasteiger partial charge is 0.00429 e. The number of nitrogens with two attached hydrogens (primary N) is 1. The summed E-state index contributed by atoms with van der Waals surface area (Å²) in [7, 11) is 0. The Morgan fingerprint density at radius 2 is 2.00 bits per heavy atom. The minimum atomic E-state index is 0.845. The maximum Gasteiger partial charge on any atom is 0.00429 e. The van der Waals surface area contributed by atoms with Crippen molar-refractivity contribution in [3.05, 3.63) is 11.8 Å². The highest BCUT2D eigenvalue weighted by Crippen LogP contribution is 2.37. The highest BCUT2D eigenvalue weighted by Gasteiger charge is 2.26. The lowest BCUT2D eigenvalue weighted by molar-refractivity contribution is 0.255. The van der Waals surface area contributed by atoms with Gasteiger partial charge in [0, 0.05) is 5.70 Å². The molecule has 62 valence electrons. The van der Waals surface area contributed by atoms with Crippen molar-refractivity contribution >= 4 is 0 Å². The first-order chi connectivity index (χ1) is 5.36. The van der Waals surface area contributed by atoms with Crippen LogP contribution < -0.4 is 5.73 Å². The van der Waals surface area contributed by atoms with Crippen molar-refractivity contribution in [3.8, 4) is 0 Å². The van der Waals surface area contributed by atoms with E-state index in [9.17, 15) is 0 Å². The zero-order chi connectivity index (χ0) is 7.68. The summed E-state index contributed by atoms with van der Waals surface area (Å²) in [5.41, 5.74) is 6.95. The van der Waals surface area contributed by atoms with Crippen molar-refractivity contribution in [1.29, 1.82) is 0 Å². The number of rotatable bonds is 0. The van der Waals surface area contributed by atoms with Gasteiger partial charge in [-0.05, 0) is 37.5 Å². The Labute approximate surface area is 68.7 Å². The molecule has 0 radical (unpaired) electrons. The van der Waals surface area contributed by atoms with E-state index in [1.54, 1.807) is 0 Å². The SMILES string of the molecule is NC1=CC2CCCCC2CC1. The maximum atomic E-state index is 5.80. The molecule has 0 amide bonds. The van der Waals surface area contributed by atoms with E-state index in [-0.39, 0.29) is 0 Å². The van der Waals surface area contributed by atoms with Crippen molar-refractivity contribution < 1.29 is 0 Å². The lowest BCUT2D eigenvalue weighted by atomic mass is 9.73. The summed E-state index contributed by atoms with van der Waals surface area (Å²) >= 11 is 0. The van der Waals surface area contributed by atoms with E-state index in [1.807, 2.05) is 0 Å². The molecule has 0 heterocycles. The van der Waals surface area contributed by atoms with E-state index < -0.39 is 0 Å². The lowest BCUT2D eigenvalue weighted by Crippen LogP contribution is -2.23. The fourth-order valence-electron chi connectivity index (χ4n) is 2.52. The molecule has 0 spiro atoms. The van der Waals surface area contributed by atoms with Crippen LogP contribution in [-0.2, 0) is 0 Å². The van der Waals surface area contributed by atoms with Gasteiger partial charge >= 0.3 is 0 Å². The highest BCUT2D eigenvalue weighted by atomic mass is 14.6. The van der Waals surface area contributed by atoms with Crippen molar-refractivity contribution in [2.75, 3.05) is 0 Å². The van der Waals surface area contributed by atoms with Gasteiger partial charge in [0.1, 0.15) is 0 Å². The third-order valence-corrected chi connectivity index (χ3v) is 3.20. The van der Waals surface area contributed by atoms with Crippen LogP contribution in [0.4, 0.5) is 0 Å². The van der Waals surface area contributed by atoms with E-state index >= 15 is 0 Å².